The van der Waals surface area contributed by atoms with Gasteiger partial charge in [0.15, 0.2) is 0 Å². The number of ether oxygens (including phenoxy) is 1. The number of nitrogens with zero attached hydrogens (tertiary/aromatic N) is 3. The summed E-state index contributed by atoms with van der Waals surface area (Å²) in [6, 6.07) is 17.2. The Balaban J connectivity index is 1.20. The maximum atomic E-state index is 13.0. The molecule has 2 aliphatic rings. The Labute approximate surface area is 209 Å². The van der Waals surface area contributed by atoms with Crippen molar-refractivity contribution in [2.45, 2.75) is 50.0 Å². The molecule has 184 valence electrons. The van der Waals surface area contributed by atoms with Gasteiger partial charge in [0.25, 0.3) is 5.91 Å². The van der Waals surface area contributed by atoms with Crippen LogP contribution in [0.15, 0.2) is 53.4 Å². The van der Waals surface area contributed by atoms with E-state index in [9.17, 15) is 4.79 Å². The highest BCUT2D eigenvalue weighted by atomic mass is 32.2. The van der Waals surface area contributed by atoms with Crippen LogP contribution >= 0.6 is 11.8 Å². The van der Waals surface area contributed by atoms with Crippen molar-refractivity contribution in [2.24, 2.45) is 0 Å². The Kier molecular flexibility index (Phi) is 9.17. The summed E-state index contributed by atoms with van der Waals surface area (Å²) in [4.78, 5) is 21.0. The van der Waals surface area contributed by atoms with Crippen LogP contribution < -0.4 is 9.64 Å². The normalized spacial score (nSPS) is 16.9. The van der Waals surface area contributed by atoms with Gasteiger partial charge in [-0.05, 0) is 74.5 Å². The number of carbonyl (C=O) groups excluding carboxylic acids is 1. The molecular weight excluding hydrogens is 442 g/mol. The van der Waals surface area contributed by atoms with Crippen LogP contribution in [0.5, 0.6) is 5.75 Å². The second-order valence-corrected chi connectivity index (χ2v) is 10.7. The fraction of sp³-hybridized carbons (Fsp3) is 0.536. The molecule has 0 radical (unpaired) electrons. The number of rotatable bonds is 10. The summed E-state index contributed by atoms with van der Waals surface area (Å²) >= 11 is 1.77. The highest BCUT2D eigenvalue weighted by Crippen LogP contribution is 2.24. The summed E-state index contributed by atoms with van der Waals surface area (Å²) in [7, 11) is 2.25. The van der Waals surface area contributed by atoms with Crippen LogP contribution in [-0.2, 0) is 0 Å². The summed E-state index contributed by atoms with van der Waals surface area (Å²) in [5.74, 6) is 2.09. The van der Waals surface area contributed by atoms with E-state index in [1.54, 1.807) is 11.8 Å². The maximum absolute atomic E-state index is 13.0. The molecule has 1 amide bonds. The molecule has 2 fully saturated rings. The minimum absolute atomic E-state index is 0.139. The summed E-state index contributed by atoms with van der Waals surface area (Å²) < 4.78 is 5.99. The van der Waals surface area contributed by atoms with E-state index < -0.39 is 0 Å². The molecule has 5 nitrogen and oxygen atoms in total. The zero-order valence-corrected chi connectivity index (χ0v) is 21.6. The molecule has 0 bridgehead atoms. The number of benzene rings is 2. The van der Waals surface area contributed by atoms with Crippen molar-refractivity contribution < 1.29 is 9.53 Å². The van der Waals surface area contributed by atoms with Crippen LogP contribution in [0.1, 0.15) is 49.4 Å². The van der Waals surface area contributed by atoms with Gasteiger partial charge in [-0.25, -0.2) is 0 Å². The van der Waals surface area contributed by atoms with E-state index in [-0.39, 0.29) is 5.91 Å². The number of carbonyl (C=O) groups is 1. The van der Waals surface area contributed by atoms with Crippen LogP contribution in [0.2, 0.25) is 0 Å². The van der Waals surface area contributed by atoms with Crippen LogP contribution in [0, 0.1) is 0 Å². The summed E-state index contributed by atoms with van der Waals surface area (Å²) in [6.07, 6.45) is 6.54. The highest BCUT2D eigenvalue weighted by molar-refractivity contribution is 7.99. The summed E-state index contributed by atoms with van der Waals surface area (Å²) in [6.45, 7) is 7.19. The molecule has 34 heavy (non-hydrogen) atoms. The molecule has 1 heterocycles. The van der Waals surface area contributed by atoms with Crippen molar-refractivity contribution in [1.82, 2.24) is 9.80 Å². The average molecular weight is 482 g/mol. The number of anilines is 1. The standard InChI is InChI=1S/C28H39N3O2S/c1-3-34-27-11-6-8-23(22-27)28(32)31-19-17-30(18-20-31)25-12-14-26(15-13-25)33-21-7-16-29(2)24-9-4-5-10-24/h6,8,11-15,22,24H,3-5,7,9-10,16-21H2,1-2H3. The second kappa shape index (κ2) is 12.5. The third-order valence-electron chi connectivity index (χ3n) is 7.03. The van der Waals surface area contributed by atoms with Gasteiger partial charge < -0.3 is 19.4 Å². The van der Waals surface area contributed by atoms with Crippen molar-refractivity contribution >= 4 is 23.4 Å². The van der Waals surface area contributed by atoms with Crippen molar-refractivity contribution in [2.75, 3.05) is 57.0 Å². The van der Waals surface area contributed by atoms with Crippen LogP contribution in [-0.4, -0.2) is 73.9 Å². The number of amides is 1. The first kappa shape index (κ1) is 24.9. The van der Waals surface area contributed by atoms with Gasteiger partial charge in [-0.2, -0.15) is 0 Å². The maximum Gasteiger partial charge on any atom is 0.254 e. The fourth-order valence-electron chi connectivity index (χ4n) is 5.02. The molecule has 1 saturated heterocycles. The van der Waals surface area contributed by atoms with E-state index in [0.29, 0.717) is 0 Å². The van der Waals surface area contributed by atoms with Crippen molar-refractivity contribution in [3.63, 3.8) is 0 Å². The number of hydrogen-bond donors (Lipinski definition) is 0. The molecule has 0 N–H and O–H groups in total. The molecular formula is C28H39N3O2S. The third kappa shape index (κ3) is 6.70. The van der Waals surface area contributed by atoms with E-state index >= 15 is 0 Å². The topological polar surface area (TPSA) is 36.0 Å². The first-order valence-electron chi connectivity index (χ1n) is 12.8. The van der Waals surface area contributed by atoms with E-state index in [1.807, 2.05) is 23.1 Å². The Morgan fingerprint density at radius 3 is 2.50 bits per heavy atom. The highest BCUT2D eigenvalue weighted by Gasteiger charge is 2.23. The molecule has 1 saturated carbocycles. The molecule has 1 aliphatic carbocycles. The molecule has 4 rings (SSSR count). The lowest BCUT2D eigenvalue weighted by Crippen LogP contribution is -2.48. The Morgan fingerprint density at radius 1 is 1.06 bits per heavy atom. The van der Waals surface area contributed by atoms with E-state index in [1.165, 1.54) is 31.4 Å². The van der Waals surface area contributed by atoms with E-state index in [0.717, 1.165) is 73.8 Å². The molecule has 6 heteroatoms. The Bertz CT molecular complexity index is 906. The number of hydrogen-bond acceptors (Lipinski definition) is 5. The molecule has 2 aromatic rings. The zero-order chi connectivity index (χ0) is 23.8. The quantitative estimate of drug-likeness (QED) is 0.335. The smallest absolute Gasteiger partial charge is 0.254 e. The first-order chi connectivity index (χ1) is 16.6. The lowest BCUT2D eigenvalue weighted by Gasteiger charge is -2.36. The average Bonchev–Trinajstić information content (AvgIpc) is 3.42. The van der Waals surface area contributed by atoms with Crippen LogP contribution in [0.4, 0.5) is 5.69 Å². The van der Waals surface area contributed by atoms with Gasteiger partial charge in [-0.3, -0.25) is 4.79 Å². The van der Waals surface area contributed by atoms with Gasteiger partial charge in [0.05, 0.1) is 6.61 Å². The van der Waals surface area contributed by atoms with Gasteiger partial charge in [0.2, 0.25) is 0 Å². The van der Waals surface area contributed by atoms with Crippen molar-refractivity contribution in [1.29, 1.82) is 0 Å². The minimum Gasteiger partial charge on any atom is -0.494 e. The SMILES string of the molecule is CCSc1cccc(C(=O)N2CCN(c3ccc(OCCCN(C)C4CCCC4)cc3)CC2)c1. The monoisotopic (exact) mass is 481 g/mol. The minimum atomic E-state index is 0.139. The molecule has 0 spiro atoms. The van der Waals surface area contributed by atoms with Gasteiger partial charge >= 0.3 is 0 Å². The summed E-state index contributed by atoms with van der Waals surface area (Å²) in [5, 5.41) is 0. The fourth-order valence-corrected chi connectivity index (χ4v) is 5.74. The first-order valence-corrected chi connectivity index (χ1v) is 13.8. The van der Waals surface area contributed by atoms with Gasteiger partial charge in [0.1, 0.15) is 5.75 Å². The van der Waals surface area contributed by atoms with Crippen LogP contribution in [0.3, 0.4) is 0 Å². The number of piperazine rings is 1. The predicted molar refractivity (Wildman–Crippen MR) is 142 cm³/mol. The van der Waals surface area contributed by atoms with Crippen molar-refractivity contribution in [3.8, 4) is 5.75 Å². The molecule has 0 unspecified atom stereocenters. The zero-order valence-electron chi connectivity index (χ0n) is 20.7. The lowest BCUT2D eigenvalue weighted by molar-refractivity contribution is 0.0746. The van der Waals surface area contributed by atoms with Crippen molar-refractivity contribution in [3.05, 3.63) is 54.1 Å². The Morgan fingerprint density at radius 2 is 1.79 bits per heavy atom. The van der Waals surface area contributed by atoms with Gasteiger partial charge in [0, 0.05) is 54.9 Å². The molecule has 0 atom stereocenters. The van der Waals surface area contributed by atoms with Gasteiger partial charge in [-0.1, -0.05) is 25.8 Å². The van der Waals surface area contributed by atoms with Crippen LogP contribution in [0.25, 0.3) is 0 Å². The molecule has 0 aromatic heterocycles. The van der Waals surface area contributed by atoms with Gasteiger partial charge in [-0.15, -0.1) is 11.8 Å². The number of thioether (sulfide) groups is 1. The second-order valence-electron chi connectivity index (χ2n) is 9.35. The molecule has 1 aliphatic heterocycles. The lowest BCUT2D eigenvalue weighted by atomic mass is 10.1. The third-order valence-corrected chi connectivity index (χ3v) is 7.91. The Hall–Kier alpha value is -2.18. The molecule has 2 aromatic carbocycles. The van der Waals surface area contributed by atoms with E-state index in [2.05, 4.69) is 54.1 Å². The summed E-state index contributed by atoms with van der Waals surface area (Å²) in [5.41, 5.74) is 1.99. The predicted octanol–water partition coefficient (Wildman–Crippen LogP) is 5.40. The van der Waals surface area contributed by atoms with E-state index in [4.69, 9.17) is 4.74 Å². The largest absolute Gasteiger partial charge is 0.494 e.